The van der Waals surface area contributed by atoms with Crippen LogP contribution in [0.2, 0.25) is 0 Å². The molecule has 0 amide bonds. The van der Waals surface area contributed by atoms with Crippen molar-refractivity contribution in [2.24, 2.45) is 0 Å². The van der Waals surface area contributed by atoms with E-state index in [0.29, 0.717) is 11.5 Å². The molecule has 90 valence electrons. The largest absolute Gasteiger partial charge is 0.396 e. The summed E-state index contributed by atoms with van der Waals surface area (Å²) >= 11 is 0. The third-order valence-corrected chi connectivity index (χ3v) is 2.70. The lowest BCUT2D eigenvalue weighted by Gasteiger charge is -2.15. The molecule has 0 aliphatic heterocycles. The van der Waals surface area contributed by atoms with Gasteiger partial charge >= 0.3 is 0 Å². The van der Waals surface area contributed by atoms with Gasteiger partial charge in [0.2, 0.25) is 0 Å². The third kappa shape index (κ3) is 2.58. The molecule has 0 radical (unpaired) electrons. The zero-order chi connectivity index (χ0) is 13.0. The number of pyridine rings is 1. The Bertz CT molecular complexity index is 572. The molecule has 0 saturated carbocycles. The molecule has 0 aliphatic carbocycles. The average Bonchev–Trinajstić information content (AvgIpc) is 2.42. The van der Waals surface area contributed by atoms with Gasteiger partial charge in [0.15, 0.2) is 5.69 Å². The minimum atomic E-state index is 0.119. The molecule has 0 bridgehead atoms. The van der Waals surface area contributed by atoms with Crippen molar-refractivity contribution in [1.29, 1.82) is 5.26 Å². The fourth-order valence-corrected chi connectivity index (χ4v) is 1.69. The Morgan fingerprint density at radius 1 is 1.22 bits per heavy atom. The Morgan fingerprint density at radius 2 is 1.94 bits per heavy atom. The second-order valence-corrected chi connectivity index (χ2v) is 4.02. The van der Waals surface area contributed by atoms with E-state index in [9.17, 15) is 0 Å². The van der Waals surface area contributed by atoms with Gasteiger partial charge in [0.25, 0.3) is 0 Å². The summed E-state index contributed by atoms with van der Waals surface area (Å²) in [5.74, 6) is 0.650. The van der Waals surface area contributed by atoms with Crippen LogP contribution in [0.15, 0.2) is 42.5 Å². The number of nitrogens with two attached hydrogens (primary N) is 1. The topological polar surface area (TPSA) is 74.7 Å². The quantitative estimate of drug-likeness (QED) is 0.862. The number of rotatable bonds is 3. The maximum Gasteiger partial charge on any atom is 0.165 e. The summed E-state index contributed by atoms with van der Waals surface area (Å²) < 4.78 is 0. The molecule has 1 unspecified atom stereocenters. The molecule has 0 spiro atoms. The van der Waals surface area contributed by atoms with Gasteiger partial charge in [-0.25, -0.2) is 4.98 Å². The summed E-state index contributed by atoms with van der Waals surface area (Å²) in [7, 11) is 0. The maximum absolute atomic E-state index is 8.87. The number of nitrogens with one attached hydrogen (secondary N) is 1. The van der Waals surface area contributed by atoms with Crippen molar-refractivity contribution in [3.63, 3.8) is 0 Å². The zero-order valence-corrected chi connectivity index (χ0v) is 10.1. The molecule has 4 nitrogen and oxygen atoms in total. The molecule has 2 aromatic rings. The van der Waals surface area contributed by atoms with Crippen molar-refractivity contribution in [3.05, 3.63) is 53.7 Å². The van der Waals surface area contributed by atoms with E-state index < -0.39 is 0 Å². The van der Waals surface area contributed by atoms with Crippen LogP contribution in [0.5, 0.6) is 0 Å². The molecule has 0 aliphatic rings. The zero-order valence-electron chi connectivity index (χ0n) is 10.1. The van der Waals surface area contributed by atoms with Crippen LogP contribution in [0, 0.1) is 11.3 Å². The summed E-state index contributed by atoms with van der Waals surface area (Å²) in [5.41, 5.74) is 7.44. The first-order valence-corrected chi connectivity index (χ1v) is 5.69. The number of nitrogens with zero attached hydrogens (tertiary/aromatic N) is 2. The van der Waals surface area contributed by atoms with Crippen LogP contribution in [0.4, 0.5) is 11.5 Å². The van der Waals surface area contributed by atoms with Crippen molar-refractivity contribution in [2.75, 3.05) is 11.1 Å². The first-order chi connectivity index (χ1) is 8.70. The highest BCUT2D eigenvalue weighted by atomic mass is 15.0. The van der Waals surface area contributed by atoms with Crippen LogP contribution < -0.4 is 11.1 Å². The predicted octanol–water partition coefficient (Wildman–Crippen LogP) is 2.71. The molecular weight excluding hydrogens is 224 g/mol. The van der Waals surface area contributed by atoms with Crippen molar-refractivity contribution in [1.82, 2.24) is 4.98 Å². The number of aromatic nitrogens is 1. The average molecular weight is 238 g/mol. The standard InChI is InChI=1S/C14H14N4/c1-10(11-5-3-2-4-6-11)17-14-8-7-12(16)13(9-15)18-14/h2-8,10H,16H2,1H3,(H,17,18). The Kier molecular flexibility index (Phi) is 3.44. The molecule has 4 heteroatoms. The van der Waals surface area contributed by atoms with E-state index in [1.54, 1.807) is 12.1 Å². The number of hydrogen-bond donors (Lipinski definition) is 2. The van der Waals surface area contributed by atoms with Crippen molar-refractivity contribution < 1.29 is 0 Å². The van der Waals surface area contributed by atoms with Gasteiger partial charge in [0, 0.05) is 6.04 Å². The van der Waals surface area contributed by atoms with E-state index in [-0.39, 0.29) is 11.7 Å². The normalized spacial score (nSPS) is 11.6. The Morgan fingerprint density at radius 3 is 2.61 bits per heavy atom. The lowest BCUT2D eigenvalue weighted by atomic mass is 10.1. The maximum atomic E-state index is 8.87. The van der Waals surface area contributed by atoms with E-state index in [1.165, 1.54) is 0 Å². The van der Waals surface area contributed by atoms with Crippen LogP contribution in [-0.4, -0.2) is 4.98 Å². The minimum Gasteiger partial charge on any atom is -0.396 e. The molecular formula is C14H14N4. The summed E-state index contributed by atoms with van der Waals surface area (Å²) in [6.45, 7) is 2.04. The van der Waals surface area contributed by atoms with Gasteiger partial charge < -0.3 is 11.1 Å². The number of anilines is 2. The van der Waals surface area contributed by atoms with Crippen LogP contribution in [0.25, 0.3) is 0 Å². The number of nitrogen functional groups attached to an aromatic ring is 1. The van der Waals surface area contributed by atoms with Crippen LogP contribution in [0.3, 0.4) is 0 Å². The van der Waals surface area contributed by atoms with Crippen molar-refractivity contribution in [2.45, 2.75) is 13.0 Å². The van der Waals surface area contributed by atoms with Gasteiger partial charge in [-0.3, -0.25) is 0 Å². The summed E-state index contributed by atoms with van der Waals surface area (Å²) in [6, 6.07) is 15.6. The first kappa shape index (κ1) is 11.9. The molecule has 3 N–H and O–H groups in total. The highest BCUT2D eigenvalue weighted by Crippen LogP contribution is 2.19. The fraction of sp³-hybridized carbons (Fsp3) is 0.143. The van der Waals surface area contributed by atoms with Gasteiger partial charge in [0.05, 0.1) is 5.69 Å². The number of hydrogen-bond acceptors (Lipinski definition) is 4. The second-order valence-electron chi connectivity index (χ2n) is 4.02. The minimum absolute atomic E-state index is 0.119. The van der Waals surface area contributed by atoms with E-state index >= 15 is 0 Å². The van der Waals surface area contributed by atoms with Gasteiger partial charge in [-0.05, 0) is 24.6 Å². The number of benzene rings is 1. The second kappa shape index (κ2) is 5.19. The van der Waals surface area contributed by atoms with Gasteiger partial charge in [-0.15, -0.1) is 0 Å². The first-order valence-electron chi connectivity index (χ1n) is 5.69. The third-order valence-electron chi connectivity index (χ3n) is 2.70. The Balaban J connectivity index is 2.18. The van der Waals surface area contributed by atoms with Gasteiger partial charge in [-0.2, -0.15) is 5.26 Å². The molecule has 0 saturated heterocycles. The van der Waals surface area contributed by atoms with E-state index in [2.05, 4.69) is 10.3 Å². The highest BCUT2D eigenvalue weighted by Gasteiger charge is 2.07. The monoisotopic (exact) mass is 238 g/mol. The van der Waals surface area contributed by atoms with Crippen LogP contribution >= 0.6 is 0 Å². The lowest BCUT2D eigenvalue weighted by Crippen LogP contribution is -2.08. The molecule has 1 atom stereocenters. The summed E-state index contributed by atoms with van der Waals surface area (Å²) in [4.78, 5) is 4.16. The molecule has 18 heavy (non-hydrogen) atoms. The molecule has 1 heterocycles. The van der Waals surface area contributed by atoms with E-state index in [4.69, 9.17) is 11.0 Å². The smallest absolute Gasteiger partial charge is 0.165 e. The van der Waals surface area contributed by atoms with E-state index in [0.717, 1.165) is 5.56 Å². The molecule has 0 fully saturated rings. The highest BCUT2D eigenvalue weighted by molar-refractivity contribution is 5.55. The lowest BCUT2D eigenvalue weighted by molar-refractivity contribution is 0.874. The van der Waals surface area contributed by atoms with Crippen molar-refractivity contribution in [3.8, 4) is 6.07 Å². The van der Waals surface area contributed by atoms with E-state index in [1.807, 2.05) is 43.3 Å². The SMILES string of the molecule is CC(Nc1ccc(N)c(C#N)n1)c1ccccc1. The fourth-order valence-electron chi connectivity index (χ4n) is 1.69. The molecule has 1 aromatic carbocycles. The predicted molar refractivity (Wildman–Crippen MR) is 71.8 cm³/mol. The molecule has 2 rings (SSSR count). The van der Waals surface area contributed by atoms with Crippen molar-refractivity contribution >= 4 is 11.5 Å². The Labute approximate surface area is 106 Å². The summed E-state index contributed by atoms with van der Waals surface area (Å²) in [5, 5.41) is 12.1. The van der Waals surface area contributed by atoms with Gasteiger partial charge in [0.1, 0.15) is 11.9 Å². The number of nitriles is 1. The van der Waals surface area contributed by atoms with Gasteiger partial charge in [-0.1, -0.05) is 30.3 Å². The van der Waals surface area contributed by atoms with Crippen LogP contribution in [-0.2, 0) is 0 Å². The Hall–Kier alpha value is -2.54. The summed E-state index contributed by atoms with van der Waals surface area (Å²) in [6.07, 6.45) is 0. The van der Waals surface area contributed by atoms with Crippen LogP contribution in [0.1, 0.15) is 24.2 Å². The molecule has 1 aromatic heterocycles.